The maximum absolute atomic E-state index is 12.5. The van der Waals surface area contributed by atoms with Crippen molar-refractivity contribution >= 4 is 11.9 Å². The van der Waals surface area contributed by atoms with Crippen molar-refractivity contribution in [3.63, 3.8) is 0 Å². The standard InChI is InChI=1S/C18H23NO4/c20-17(19-6-7-23-12-16(19)11-18(21)22)10-13-8-15(9-13)14-4-2-1-3-5-14/h1-5,13,15-16H,6-12H2,(H,21,22). The first-order valence-electron chi connectivity index (χ1n) is 8.27. The first-order chi connectivity index (χ1) is 11.1. The molecular formula is C18H23NO4. The lowest BCUT2D eigenvalue weighted by Crippen LogP contribution is -2.50. The molecule has 1 N–H and O–H groups in total. The van der Waals surface area contributed by atoms with Crippen LogP contribution in [0.2, 0.25) is 0 Å². The highest BCUT2D eigenvalue weighted by molar-refractivity contribution is 5.78. The third-order valence-corrected chi connectivity index (χ3v) is 4.93. The molecule has 0 aromatic heterocycles. The third-order valence-electron chi connectivity index (χ3n) is 4.93. The molecule has 1 saturated carbocycles. The molecule has 0 radical (unpaired) electrons. The Labute approximate surface area is 136 Å². The molecule has 2 aliphatic rings. The molecule has 3 rings (SSSR count). The van der Waals surface area contributed by atoms with Crippen molar-refractivity contribution in [2.45, 2.75) is 37.6 Å². The normalized spacial score (nSPS) is 27.3. The minimum atomic E-state index is -0.883. The van der Waals surface area contributed by atoms with E-state index in [-0.39, 0.29) is 18.4 Å². The molecule has 1 aromatic carbocycles. The maximum atomic E-state index is 12.5. The number of nitrogens with zero attached hydrogens (tertiary/aromatic N) is 1. The largest absolute Gasteiger partial charge is 0.481 e. The minimum absolute atomic E-state index is 0.0386. The number of carbonyl (C=O) groups excluding carboxylic acids is 1. The Balaban J connectivity index is 1.50. The molecule has 1 unspecified atom stereocenters. The molecule has 0 bridgehead atoms. The summed E-state index contributed by atoms with van der Waals surface area (Å²) in [7, 11) is 0. The molecule has 0 spiro atoms. The second kappa shape index (κ2) is 7.13. The van der Waals surface area contributed by atoms with E-state index in [4.69, 9.17) is 9.84 Å². The van der Waals surface area contributed by atoms with Crippen LogP contribution in [0.3, 0.4) is 0 Å². The minimum Gasteiger partial charge on any atom is -0.481 e. The molecule has 1 saturated heterocycles. The fourth-order valence-electron chi connectivity index (χ4n) is 3.62. The molecule has 1 aliphatic heterocycles. The molecule has 1 amide bonds. The van der Waals surface area contributed by atoms with Gasteiger partial charge < -0.3 is 14.7 Å². The molecule has 5 heteroatoms. The van der Waals surface area contributed by atoms with Gasteiger partial charge in [0.2, 0.25) is 5.91 Å². The van der Waals surface area contributed by atoms with Gasteiger partial charge in [0.25, 0.3) is 0 Å². The quantitative estimate of drug-likeness (QED) is 0.904. The summed E-state index contributed by atoms with van der Waals surface area (Å²) in [6, 6.07) is 10.1. The SMILES string of the molecule is O=C(O)CC1COCCN1C(=O)CC1CC(c2ccccc2)C1. The molecule has 1 atom stereocenters. The van der Waals surface area contributed by atoms with Gasteiger partial charge in [-0.3, -0.25) is 9.59 Å². The predicted octanol–water partition coefficient (Wildman–Crippen LogP) is 2.27. The van der Waals surface area contributed by atoms with Gasteiger partial charge in [-0.1, -0.05) is 30.3 Å². The Hall–Kier alpha value is -1.88. The van der Waals surface area contributed by atoms with Crippen molar-refractivity contribution in [1.82, 2.24) is 4.90 Å². The average Bonchev–Trinajstić information content (AvgIpc) is 2.51. The van der Waals surface area contributed by atoms with Crippen molar-refractivity contribution in [3.8, 4) is 0 Å². The van der Waals surface area contributed by atoms with Gasteiger partial charge in [0, 0.05) is 13.0 Å². The smallest absolute Gasteiger partial charge is 0.305 e. The van der Waals surface area contributed by atoms with Crippen LogP contribution in [-0.2, 0) is 14.3 Å². The van der Waals surface area contributed by atoms with Crippen LogP contribution >= 0.6 is 0 Å². The summed E-state index contributed by atoms with van der Waals surface area (Å²) in [5.74, 6) is 0.177. The summed E-state index contributed by atoms with van der Waals surface area (Å²) in [5.41, 5.74) is 1.35. The third kappa shape index (κ3) is 3.91. The van der Waals surface area contributed by atoms with E-state index < -0.39 is 5.97 Å². The van der Waals surface area contributed by atoms with Crippen LogP contribution in [0, 0.1) is 5.92 Å². The zero-order valence-corrected chi connectivity index (χ0v) is 13.2. The fraction of sp³-hybridized carbons (Fsp3) is 0.556. The second-order valence-corrected chi connectivity index (χ2v) is 6.56. The molecule has 5 nitrogen and oxygen atoms in total. The summed E-state index contributed by atoms with van der Waals surface area (Å²) < 4.78 is 5.33. The van der Waals surface area contributed by atoms with Crippen LogP contribution < -0.4 is 0 Å². The lowest BCUT2D eigenvalue weighted by molar-refractivity contribution is -0.147. The Morgan fingerprint density at radius 3 is 2.61 bits per heavy atom. The number of hydrogen-bond donors (Lipinski definition) is 1. The van der Waals surface area contributed by atoms with Gasteiger partial charge in [0.15, 0.2) is 0 Å². The van der Waals surface area contributed by atoms with Crippen LogP contribution in [0.5, 0.6) is 0 Å². The van der Waals surface area contributed by atoms with Crippen molar-refractivity contribution in [2.24, 2.45) is 5.92 Å². The molecule has 2 fully saturated rings. The van der Waals surface area contributed by atoms with E-state index in [9.17, 15) is 9.59 Å². The molecular weight excluding hydrogens is 294 g/mol. The lowest BCUT2D eigenvalue weighted by Gasteiger charge is -2.39. The number of morpholine rings is 1. The highest BCUT2D eigenvalue weighted by Gasteiger charge is 2.35. The summed E-state index contributed by atoms with van der Waals surface area (Å²) in [5, 5.41) is 8.97. The van der Waals surface area contributed by atoms with Gasteiger partial charge in [-0.05, 0) is 30.2 Å². The number of carboxylic acids is 1. The van der Waals surface area contributed by atoms with Gasteiger partial charge >= 0.3 is 5.97 Å². The Bertz CT molecular complexity index is 553. The first-order valence-corrected chi connectivity index (χ1v) is 8.27. The number of amides is 1. The summed E-state index contributed by atoms with van der Waals surface area (Å²) >= 11 is 0. The highest BCUT2D eigenvalue weighted by atomic mass is 16.5. The van der Waals surface area contributed by atoms with Gasteiger partial charge in [-0.15, -0.1) is 0 Å². The van der Waals surface area contributed by atoms with E-state index in [0.717, 1.165) is 12.8 Å². The van der Waals surface area contributed by atoms with Gasteiger partial charge in [0.1, 0.15) is 0 Å². The van der Waals surface area contributed by atoms with Crippen molar-refractivity contribution in [1.29, 1.82) is 0 Å². The van der Waals surface area contributed by atoms with E-state index in [2.05, 4.69) is 24.3 Å². The first kappa shape index (κ1) is 16.0. The van der Waals surface area contributed by atoms with Gasteiger partial charge in [-0.2, -0.15) is 0 Å². The molecule has 1 aromatic rings. The number of aliphatic carboxylic acids is 1. The zero-order valence-electron chi connectivity index (χ0n) is 13.2. The molecule has 1 heterocycles. The van der Waals surface area contributed by atoms with Gasteiger partial charge in [0.05, 0.1) is 25.7 Å². The Morgan fingerprint density at radius 1 is 1.17 bits per heavy atom. The van der Waals surface area contributed by atoms with E-state index in [1.54, 1.807) is 4.90 Å². The molecule has 1 aliphatic carbocycles. The van der Waals surface area contributed by atoms with Crippen LogP contribution in [-0.4, -0.2) is 47.7 Å². The second-order valence-electron chi connectivity index (χ2n) is 6.56. The lowest BCUT2D eigenvalue weighted by atomic mass is 9.70. The van der Waals surface area contributed by atoms with Crippen LogP contribution in [0.25, 0.3) is 0 Å². The van der Waals surface area contributed by atoms with Gasteiger partial charge in [-0.25, -0.2) is 0 Å². The number of benzene rings is 1. The van der Waals surface area contributed by atoms with E-state index in [0.29, 0.717) is 38.0 Å². The molecule has 23 heavy (non-hydrogen) atoms. The van der Waals surface area contributed by atoms with Crippen LogP contribution in [0.1, 0.15) is 37.2 Å². The van der Waals surface area contributed by atoms with E-state index in [1.165, 1.54) is 5.56 Å². The number of hydrogen-bond acceptors (Lipinski definition) is 3. The van der Waals surface area contributed by atoms with Crippen molar-refractivity contribution in [3.05, 3.63) is 35.9 Å². The number of ether oxygens (including phenoxy) is 1. The zero-order chi connectivity index (χ0) is 16.2. The topological polar surface area (TPSA) is 66.8 Å². The Morgan fingerprint density at radius 2 is 1.91 bits per heavy atom. The summed E-state index contributed by atoms with van der Waals surface area (Å²) in [4.78, 5) is 25.2. The van der Waals surface area contributed by atoms with E-state index in [1.807, 2.05) is 6.07 Å². The van der Waals surface area contributed by atoms with E-state index >= 15 is 0 Å². The summed E-state index contributed by atoms with van der Waals surface area (Å²) in [6.45, 7) is 1.33. The predicted molar refractivity (Wildman–Crippen MR) is 85.1 cm³/mol. The maximum Gasteiger partial charge on any atom is 0.305 e. The van der Waals surface area contributed by atoms with Crippen LogP contribution in [0.4, 0.5) is 0 Å². The molecule has 124 valence electrons. The number of carboxylic acid groups (broad SMARTS) is 1. The summed E-state index contributed by atoms with van der Waals surface area (Å²) in [6.07, 6.45) is 2.58. The average molecular weight is 317 g/mol. The Kier molecular flexibility index (Phi) is 4.96. The number of rotatable bonds is 5. The van der Waals surface area contributed by atoms with Crippen LogP contribution in [0.15, 0.2) is 30.3 Å². The monoisotopic (exact) mass is 317 g/mol. The van der Waals surface area contributed by atoms with Crippen molar-refractivity contribution in [2.75, 3.05) is 19.8 Å². The van der Waals surface area contributed by atoms with Crippen molar-refractivity contribution < 1.29 is 19.4 Å². The fourth-order valence-corrected chi connectivity index (χ4v) is 3.62. The highest BCUT2D eigenvalue weighted by Crippen LogP contribution is 2.43. The number of carbonyl (C=O) groups is 2.